The molecule has 0 radical (unpaired) electrons. The molecule has 0 bridgehead atoms. The van der Waals surface area contributed by atoms with Gasteiger partial charge in [-0.1, -0.05) is 38.7 Å². The van der Waals surface area contributed by atoms with Crippen LogP contribution in [-0.4, -0.2) is 0 Å². The molecule has 0 fully saturated rings. The van der Waals surface area contributed by atoms with Gasteiger partial charge >= 0.3 is 6.11 Å². The van der Waals surface area contributed by atoms with Crippen molar-refractivity contribution in [3.63, 3.8) is 0 Å². The lowest BCUT2D eigenvalue weighted by Crippen LogP contribution is -2.23. The van der Waals surface area contributed by atoms with Crippen LogP contribution < -0.4 is 4.74 Å². The number of fused-ring (bicyclic) bond motifs is 1. The Morgan fingerprint density at radius 1 is 0.774 bits per heavy atom. The molecule has 3 rings (SSSR count). The minimum absolute atomic E-state index is 0.163. The summed E-state index contributed by atoms with van der Waals surface area (Å²) in [5.41, 5.74) is -0.328. The molecular weight excluding hydrogens is 418 g/mol. The van der Waals surface area contributed by atoms with Crippen LogP contribution in [-0.2, 0) is 12.5 Å². The van der Waals surface area contributed by atoms with Gasteiger partial charge in [0.15, 0.2) is 17.5 Å². The third-order valence-corrected chi connectivity index (χ3v) is 5.11. The molecule has 3 aromatic rings. The molecule has 0 heterocycles. The van der Waals surface area contributed by atoms with Crippen LogP contribution in [0.2, 0.25) is 0 Å². The highest BCUT2D eigenvalue weighted by Crippen LogP contribution is 2.35. The third-order valence-electron chi connectivity index (χ3n) is 5.11. The van der Waals surface area contributed by atoms with E-state index in [0.717, 1.165) is 62.4 Å². The van der Waals surface area contributed by atoms with Gasteiger partial charge in [0.25, 0.3) is 0 Å². The van der Waals surface area contributed by atoms with Crippen LogP contribution in [0.3, 0.4) is 0 Å². The van der Waals surface area contributed by atoms with Crippen molar-refractivity contribution in [2.24, 2.45) is 0 Å². The first-order chi connectivity index (χ1) is 14.7. The van der Waals surface area contributed by atoms with Gasteiger partial charge in [0.1, 0.15) is 11.6 Å². The Balaban J connectivity index is 1.76. The molecule has 166 valence electrons. The van der Waals surface area contributed by atoms with Gasteiger partial charge in [-0.15, -0.1) is 0 Å². The van der Waals surface area contributed by atoms with E-state index < -0.39 is 40.7 Å². The lowest BCUT2D eigenvalue weighted by molar-refractivity contribution is -0.187. The molecule has 0 spiro atoms. The van der Waals surface area contributed by atoms with E-state index in [1.54, 1.807) is 0 Å². The molecule has 0 amide bonds. The first kappa shape index (κ1) is 23.0. The molecule has 0 aliphatic heterocycles. The quantitative estimate of drug-likeness (QED) is 0.186. The number of aryl methyl sites for hydroxylation is 1. The summed E-state index contributed by atoms with van der Waals surface area (Å²) in [7, 11) is 0. The highest BCUT2D eigenvalue weighted by atomic mass is 19.3. The van der Waals surface area contributed by atoms with Crippen molar-refractivity contribution >= 4 is 10.8 Å². The Hall–Kier alpha value is -2.70. The SMILES string of the molecule is CCCCCCCc1ccc(C(F)(F)Oc2ccc3c(F)c(F)c(F)cc3c2)c(F)c1. The van der Waals surface area contributed by atoms with Crippen molar-refractivity contribution in [3.8, 4) is 5.75 Å². The van der Waals surface area contributed by atoms with Crippen molar-refractivity contribution in [1.82, 2.24) is 0 Å². The summed E-state index contributed by atoms with van der Waals surface area (Å²) in [5.74, 6) is -6.08. The summed E-state index contributed by atoms with van der Waals surface area (Å²) in [5, 5.41) is -0.451. The Morgan fingerprint density at radius 2 is 1.52 bits per heavy atom. The minimum Gasteiger partial charge on any atom is -0.429 e. The molecule has 3 aromatic carbocycles. The molecule has 0 saturated carbocycles. The zero-order valence-corrected chi connectivity index (χ0v) is 17.0. The molecule has 0 unspecified atom stereocenters. The number of halogens is 6. The highest BCUT2D eigenvalue weighted by Gasteiger charge is 2.37. The Labute approximate surface area is 176 Å². The van der Waals surface area contributed by atoms with E-state index in [-0.39, 0.29) is 10.8 Å². The van der Waals surface area contributed by atoms with Gasteiger partial charge in [-0.25, -0.2) is 17.6 Å². The van der Waals surface area contributed by atoms with Crippen molar-refractivity contribution in [3.05, 3.63) is 76.9 Å². The predicted octanol–water partition coefficient (Wildman–Crippen LogP) is 8.04. The molecule has 0 aliphatic carbocycles. The molecule has 0 N–H and O–H groups in total. The van der Waals surface area contributed by atoms with Gasteiger partial charge in [0, 0.05) is 5.39 Å². The van der Waals surface area contributed by atoms with E-state index in [4.69, 9.17) is 0 Å². The number of benzene rings is 3. The molecule has 0 aliphatic rings. The number of rotatable bonds is 9. The van der Waals surface area contributed by atoms with E-state index in [1.165, 1.54) is 6.07 Å². The summed E-state index contributed by atoms with van der Waals surface area (Å²) in [4.78, 5) is 0. The van der Waals surface area contributed by atoms with Gasteiger partial charge in [0.05, 0.1) is 5.56 Å². The molecule has 31 heavy (non-hydrogen) atoms. The number of ether oxygens (including phenoxy) is 1. The van der Waals surface area contributed by atoms with E-state index in [9.17, 15) is 26.3 Å². The topological polar surface area (TPSA) is 9.23 Å². The molecule has 0 atom stereocenters. The van der Waals surface area contributed by atoms with Crippen LogP contribution in [0.15, 0.2) is 42.5 Å². The van der Waals surface area contributed by atoms with Crippen molar-refractivity contribution < 1.29 is 31.1 Å². The summed E-state index contributed by atoms with van der Waals surface area (Å²) in [6, 6.07) is 7.08. The summed E-state index contributed by atoms with van der Waals surface area (Å²) in [6.45, 7) is 2.10. The van der Waals surface area contributed by atoms with E-state index >= 15 is 0 Å². The smallest absolute Gasteiger partial charge is 0.429 e. The largest absolute Gasteiger partial charge is 0.429 e. The van der Waals surface area contributed by atoms with E-state index in [0.29, 0.717) is 18.1 Å². The van der Waals surface area contributed by atoms with Gasteiger partial charge < -0.3 is 4.74 Å². The Kier molecular flexibility index (Phi) is 7.13. The van der Waals surface area contributed by atoms with Crippen molar-refractivity contribution in [2.45, 2.75) is 51.6 Å². The van der Waals surface area contributed by atoms with Crippen LogP contribution in [0.25, 0.3) is 10.8 Å². The number of alkyl halides is 2. The summed E-state index contributed by atoms with van der Waals surface area (Å²) >= 11 is 0. The maximum atomic E-state index is 14.6. The molecular formula is C24H22F6O. The standard InChI is InChI=1S/C24H22F6O/c1-2-3-4-5-6-7-15-8-11-19(20(25)12-15)24(29,30)31-17-9-10-18-16(13-17)14-21(26)23(28)22(18)27/h8-14H,2-7H2,1H3. The third kappa shape index (κ3) is 5.32. The lowest BCUT2D eigenvalue weighted by atomic mass is 10.0. The Bertz CT molecular complexity index is 1060. The fourth-order valence-corrected chi connectivity index (χ4v) is 3.43. The molecule has 0 saturated heterocycles. The number of hydrogen-bond acceptors (Lipinski definition) is 1. The van der Waals surface area contributed by atoms with Gasteiger partial charge in [0.2, 0.25) is 0 Å². The lowest BCUT2D eigenvalue weighted by Gasteiger charge is -2.19. The van der Waals surface area contributed by atoms with Gasteiger partial charge in [-0.05, 0) is 60.2 Å². The maximum absolute atomic E-state index is 14.6. The van der Waals surface area contributed by atoms with Crippen LogP contribution in [0.4, 0.5) is 26.3 Å². The van der Waals surface area contributed by atoms with Gasteiger partial charge in [-0.3, -0.25) is 0 Å². The van der Waals surface area contributed by atoms with Crippen LogP contribution in [0.1, 0.15) is 50.2 Å². The Morgan fingerprint density at radius 3 is 2.23 bits per heavy atom. The fraction of sp³-hybridized carbons (Fsp3) is 0.333. The zero-order valence-electron chi connectivity index (χ0n) is 17.0. The molecule has 0 aromatic heterocycles. The molecule has 1 nitrogen and oxygen atoms in total. The normalized spacial score (nSPS) is 11.8. The highest BCUT2D eigenvalue weighted by molar-refractivity contribution is 5.84. The second kappa shape index (κ2) is 9.62. The average molecular weight is 440 g/mol. The number of hydrogen-bond donors (Lipinski definition) is 0. The fourth-order valence-electron chi connectivity index (χ4n) is 3.43. The number of unbranched alkanes of at least 4 members (excludes halogenated alkanes) is 4. The predicted molar refractivity (Wildman–Crippen MR) is 107 cm³/mol. The van der Waals surface area contributed by atoms with Crippen LogP contribution in [0.5, 0.6) is 5.75 Å². The zero-order chi connectivity index (χ0) is 22.6. The van der Waals surface area contributed by atoms with Crippen LogP contribution >= 0.6 is 0 Å². The first-order valence-electron chi connectivity index (χ1n) is 10.2. The van der Waals surface area contributed by atoms with E-state index in [2.05, 4.69) is 11.7 Å². The minimum atomic E-state index is -4.02. The second-order valence-electron chi connectivity index (χ2n) is 7.47. The maximum Gasteiger partial charge on any atom is 0.429 e. The monoisotopic (exact) mass is 440 g/mol. The van der Waals surface area contributed by atoms with Gasteiger partial charge in [-0.2, -0.15) is 8.78 Å². The summed E-state index contributed by atoms with van der Waals surface area (Å²) < 4.78 is 88.7. The van der Waals surface area contributed by atoms with Crippen molar-refractivity contribution in [2.75, 3.05) is 0 Å². The summed E-state index contributed by atoms with van der Waals surface area (Å²) in [6.07, 6.45) is 1.71. The van der Waals surface area contributed by atoms with Crippen molar-refractivity contribution in [1.29, 1.82) is 0 Å². The first-order valence-corrected chi connectivity index (χ1v) is 10.2. The van der Waals surface area contributed by atoms with Crippen LogP contribution in [0, 0.1) is 23.3 Å². The second-order valence-corrected chi connectivity index (χ2v) is 7.47. The van der Waals surface area contributed by atoms with E-state index in [1.807, 2.05) is 0 Å². The average Bonchev–Trinajstić information content (AvgIpc) is 2.71. The molecule has 7 heteroatoms.